The lowest BCUT2D eigenvalue weighted by molar-refractivity contribution is 0.102. The smallest absolute Gasteiger partial charge is 0.276 e. The van der Waals surface area contributed by atoms with E-state index >= 15 is 0 Å². The van der Waals surface area contributed by atoms with Crippen molar-refractivity contribution in [1.29, 1.82) is 0 Å². The van der Waals surface area contributed by atoms with Crippen LogP contribution in [-0.2, 0) is 0 Å². The monoisotopic (exact) mass is 320 g/mol. The molecule has 0 radical (unpaired) electrons. The number of para-hydroxylation sites is 1. The first-order valence-corrected chi connectivity index (χ1v) is 8.41. The number of aromatic nitrogens is 2. The second-order valence-corrected chi connectivity index (χ2v) is 6.17. The standard InChI is InChI=1S/C19H20N4O/c24-19(18-16-6-2-3-7-17(16)21-22-18)20-14-8-10-15(11-9-14)23-12-4-1-5-13-23/h2-3,6-11H,1,4-5,12-13H2,(H,20,24)(H,21,22). The molecule has 24 heavy (non-hydrogen) atoms. The quantitative estimate of drug-likeness (QED) is 0.771. The summed E-state index contributed by atoms with van der Waals surface area (Å²) in [6.07, 6.45) is 3.83. The molecule has 1 amide bonds. The minimum absolute atomic E-state index is 0.196. The summed E-state index contributed by atoms with van der Waals surface area (Å²) in [5.74, 6) is -0.196. The maximum atomic E-state index is 12.5. The number of amides is 1. The molecule has 1 saturated heterocycles. The van der Waals surface area contributed by atoms with Crippen LogP contribution in [0.2, 0.25) is 0 Å². The zero-order chi connectivity index (χ0) is 16.4. The van der Waals surface area contributed by atoms with Gasteiger partial charge in [-0.2, -0.15) is 5.10 Å². The first kappa shape index (κ1) is 14.8. The predicted molar refractivity (Wildman–Crippen MR) is 96.6 cm³/mol. The minimum Gasteiger partial charge on any atom is -0.372 e. The van der Waals surface area contributed by atoms with Gasteiger partial charge in [-0.15, -0.1) is 0 Å². The van der Waals surface area contributed by atoms with Crippen LogP contribution in [0.15, 0.2) is 48.5 Å². The van der Waals surface area contributed by atoms with E-state index in [-0.39, 0.29) is 5.91 Å². The van der Waals surface area contributed by atoms with Crippen molar-refractivity contribution in [2.75, 3.05) is 23.3 Å². The number of benzene rings is 2. The number of anilines is 2. The van der Waals surface area contributed by atoms with Crippen molar-refractivity contribution in [3.05, 3.63) is 54.2 Å². The van der Waals surface area contributed by atoms with Crippen LogP contribution in [0.5, 0.6) is 0 Å². The molecule has 4 rings (SSSR count). The van der Waals surface area contributed by atoms with E-state index in [2.05, 4.69) is 32.5 Å². The van der Waals surface area contributed by atoms with Crippen LogP contribution >= 0.6 is 0 Å². The Balaban J connectivity index is 1.49. The minimum atomic E-state index is -0.196. The van der Waals surface area contributed by atoms with Crippen molar-refractivity contribution >= 4 is 28.2 Å². The zero-order valence-corrected chi connectivity index (χ0v) is 13.5. The second kappa shape index (κ2) is 6.35. The van der Waals surface area contributed by atoms with Gasteiger partial charge in [0.1, 0.15) is 0 Å². The van der Waals surface area contributed by atoms with Gasteiger partial charge in [0.2, 0.25) is 0 Å². The van der Waals surface area contributed by atoms with E-state index in [0.29, 0.717) is 5.69 Å². The molecule has 2 aromatic carbocycles. The van der Waals surface area contributed by atoms with Gasteiger partial charge < -0.3 is 10.2 Å². The molecule has 0 spiro atoms. The molecule has 0 atom stereocenters. The van der Waals surface area contributed by atoms with Gasteiger partial charge in [-0.05, 0) is 49.6 Å². The van der Waals surface area contributed by atoms with E-state index in [1.165, 1.54) is 24.9 Å². The highest BCUT2D eigenvalue weighted by atomic mass is 16.1. The number of aromatic amines is 1. The van der Waals surface area contributed by atoms with E-state index in [4.69, 9.17) is 0 Å². The summed E-state index contributed by atoms with van der Waals surface area (Å²) in [5.41, 5.74) is 3.29. The van der Waals surface area contributed by atoms with Crippen molar-refractivity contribution in [1.82, 2.24) is 10.2 Å². The highest BCUT2D eigenvalue weighted by Gasteiger charge is 2.14. The Labute approximate surface area is 140 Å². The molecule has 1 aromatic heterocycles. The largest absolute Gasteiger partial charge is 0.372 e. The second-order valence-electron chi connectivity index (χ2n) is 6.17. The summed E-state index contributed by atoms with van der Waals surface area (Å²) < 4.78 is 0. The first-order chi connectivity index (χ1) is 11.8. The molecule has 122 valence electrons. The van der Waals surface area contributed by atoms with Crippen LogP contribution in [0.1, 0.15) is 29.8 Å². The Kier molecular flexibility index (Phi) is 3.91. The molecule has 1 fully saturated rings. The number of carbonyl (C=O) groups excluding carboxylic acids is 1. The SMILES string of the molecule is O=C(Nc1ccc(N2CCCCC2)cc1)c1n[nH]c2ccccc12. The Morgan fingerprint density at radius 2 is 1.75 bits per heavy atom. The van der Waals surface area contributed by atoms with E-state index in [1.54, 1.807) is 0 Å². The average molecular weight is 320 g/mol. The van der Waals surface area contributed by atoms with Gasteiger partial charge in [0.05, 0.1) is 5.52 Å². The molecule has 3 aromatic rings. The molecule has 0 aliphatic carbocycles. The summed E-state index contributed by atoms with van der Waals surface area (Å²) >= 11 is 0. The van der Waals surface area contributed by atoms with Crippen LogP contribution in [0.4, 0.5) is 11.4 Å². The highest BCUT2D eigenvalue weighted by Crippen LogP contribution is 2.22. The number of rotatable bonds is 3. The number of hydrogen-bond acceptors (Lipinski definition) is 3. The number of nitrogens with zero attached hydrogens (tertiary/aromatic N) is 2. The third-order valence-electron chi connectivity index (χ3n) is 4.53. The van der Waals surface area contributed by atoms with E-state index in [1.807, 2.05) is 36.4 Å². The van der Waals surface area contributed by atoms with Crippen molar-refractivity contribution in [2.24, 2.45) is 0 Å². The lowest BCUT2D eigenvalue weighted by Gasteiger charge is -2.28. The van der Waals surface area contributed by atoms with Gasteiger partial charge in [-0.25, -0.2) is 0 Å². The fourth-order valence-corrected chi connectivity index (χ4v) is 3.23. The molecule has 1 aliphatic rings. The van der Waals surface area contributed by atoms with Gasteiger partial charge >= 0.3 is 0 Å². The number of piperidine rings is 1. The van der Waals surface area contributed by atoms with Crippen molar-refractivity contribution < 1.29 is 4.79 Å². The molecule has 5 nitrogen and oxygen atoms in total. The third kappa shape index (κ3) is 2.85. The van der Waals surface area contributed by atoms with E-state index < -0.39 is 0 Å². The summed E-state index contributed by atoms with van der Waals surface area (Å²) in [4.78, 5) is 14.9. The number of fused-ring (bicyclic) bond motifs is 1. The molecular formula is C19H20N4O. The number of carbonyl (C=O) groups is 1. The van der Waals surface area contributed by atoms with Crippen molar-refractivity contribution in [3.8, 4) is 0 Å². The molecular weight excluding hydrogens is 300 g/mol. The molecule has 2 heterocycles. The van der Waals surface area contributed by atoms with Gasteiger partial charge in [-0.3, -0.25) is 9.89 Å². The third-order valence-corrected chi connectivity index (χ3v) is 4.53. The summed E-state index contributed by atoms with van der Waals surface area (Å²) in [5, 5.41) is 10.8. The summed E-state index contributed by atoms with van der Waals surface area (Å²) in [6, 6.07) is 15.7. The first-order valence-electron chi connectivity index (χ1n) is 8.41. The van der Waals surface area contributed by atoms with Crippen LogP contribution in [0.25, 0.3) is 10.9 Å². The molecule has 2 N–H and O–H groups in total. The summed E-state index contributed by atoms with van der Waals surface area (Å²) in [7, 11) is 0. The Morgan fingerprint density at radius 3 is 2.54 bits per heavy atom. The van der Waals surface area contributed by atoms with Crippen LogP contribution in [0, 0.1) is 0 Å². The normalized spacial score (nSPS) is 14.8. The van der Waals surface area contributed by atoms with Crippen LogP contribution in [-0.4, -0.2) is 29.2 Å². The van der Waals surface area contributed by atoms with Crippen LogP contribution in [0.3, 0.4) is 0 Å². The molecule has 5 heteroatoms. The lowest BCUT2D eigenvalue weighted by Crippen LogP contribution is -2.29. The summed E-state index contributed by atoms with van der Waals surface area (Å²) in [6.45, 7) is 2.23. The Bertz CT molecular complexity index is 847. The fraction of sp³-hybridized carbons (Fsp3) is 0.263. The number of hydrogen-bond donors (Lipinski definition) is 2. The predicted octanol–water partition coefficient (Wildman–Crippen LogP) is 3.81. The van der Waals surface area contributed by atoms with Crippen LogP contribution < -0.4 is 10.2 Å². The van der Waals surface area contributed by atoms with Gasteiger partial charge in [0.15, 0.2) is 5.69 Å². The van der Waals surface area contributed by atoms with Crippen molar-refractivity contribution in [3.63, 3.8) is 0 Å². The topological polar surface area (TPSA) is 61.0 Å². The molecule has 1 aliphatic heterocycles. The highest BCUT2D eigenvalue weighted by molar-refractivity contribution is 6.11. The Morgan fingerprint density at radius 1 is 1.00 bits per heavy atom. The number of nitrogens with one attached hydrogen (secondary N) is 2. The molecule has 0 bridgehead atoms. The van der Waals surface area contributed by atoms with E-state index in [9.17, 15) is 4.79 Å². The molecule has 0 unspecified atom stereocenters. The van der Waals surface area contributed by atoms with Crippen molar-refractivity contribution in [2.45, 2.75) is 19.3 Å². The van der Waals surface area contributed by atoms with Gasteiger partial charge in [-0.1, -0.05) is 18.2 Å². The van der Waals surface area contributed by atoms with E-state index in [0.717, 1.165) is 29.7 Å². The molecule has 0 saturated carbocycles. The Hall–Kier alpha value is -2.82. The van der Waals surface area contributed by atoms with Gasteiger partial charge in [0, 0.05) is 29.9 Å². The maximum Gasteiger partial charge on any atom is 0.276 e. The maximum absolute atomic E-state index is 12.5. The zero-order valence-electron chi connectivity index (χ0n) is 13.5. The van der Waals surface area contributed by atoms with Gasteiger partial charge in [0.25, 0.3) is 5.91 Å². The lowest BCUT2D eigenvalue weighted by atomic mass is 10.1. The number of H-pyrrole nitrogens is 1. The average Bonchev–Trinajstić information content (AvgIpc) is 3.07. The fourth-order valence-electron chi connectivity index (χ4n) is 3.23.